The summed E-state index contributed by atoms with van der Waals surface area (Å²) >= 11 is 0. The van der Waals surface area contributed by atoms with E-state index in [4.69, 9.17) is 9.05 Å². The number of hydrogen-bond donors (Lipinski definition) is 0. The lowest BCUT2D eigenvalue weighted by atomic mass is 10.5. The van der Waals surface area contributed by atoms with Gasteiger partial charge in [-0.2, -0.15) is 4.39 Å². The lowest BCUT2D eigenvalue weighted by Gasteiger charge is -2.14. The summed E-state index contributed by atoms with van der Waals surface area (Å²) in [4.78, 5) is 10.7. The molecule has 0 radical (unpaired) electrons. The van der Waals surface area contributed by atoms with Gasteiger partial charge >= 0.3 is 13.6 Å². The third-order valence-corrected chi connectivity index (χ3v) is 3.46. The van der Waals surface area contributed by atoms with E-state index < -0.39 is 19.4 Å². The second kappa shape index (κ2) is 7.54. The molecule has 0 N–H and O–H groups in total. The van der Waals surface area contributed by atoms with Crippen LogP contribution >= 0.6 is 7.60 Å². The van der Waals surface area contributed by atoms with Crippen molar-refractivity contribution in [2.24, 2.45) is 0 Å². The molecule has 0 heterocycles. The maximum absolute atomic E-state index is 13.0. The number of rotatable bonds is 7. The first kappa shape index (κ1) is 15.3. The van der Waals surface area contributed by atoms with Crippen LogP contribution in [0.3, 0.4) is 0 Å². The second-order valence-electron chi connectivity index (χ2n) is 2.67. The van der Waals surface area contributed by atoms with Crippen molar-refractivity contribution in [1.29, 1.82) is 0 Å². The fourth-order valence-electron chi connectivity index (χ4n) is 0.909. The molecule has 0 aromatic heterocycles. The summed E-state index contributed by atoms with van der Waals surface area (Å²) < 4.78 is 38.7. The van der Waals surface area contributed by atoms with Crippen LogP contribution in [0.1, 0.15) is 13.8 Å². The molecule has 0 aliphatic carbocycles. The van der Waals surface area contributed by atoms with Crippen molar-refractivity contribution in [3.63, 3.8) is 0 Å². The summed E-state index contributed by atoms with van der Waals surface area (Å²) in [5, 5.41) is 0. The highest BCUT2D eigenvalue weighted by Crippen LogP contribution is 2.48. The van der Waals surface area contributed by atoms with Crippen LogP contribution in [0.25, 0.3) is 0 Å². The third-order valence-electron chi connectivity index (χ3n) is 1.53. The third kappa shape index (κ3) is 5.39. The van der Waals surface area contributed by atoms with Crippen LogP contribution in [-0.4, -0.2) is 32.5 Å². The Morgan fingerprint density at radius 1 is 1.31 bits per heavy atom. The first-order chi connectivity index (χ1) is 7.49. The average molecular weight is 254 g/mol. The summed E-state index contributed by atoms with van der Waals surface area (Å²) in [6.45, 7) is 3.66. The Hall–Kier alpha value is -0.710. The van der Waals surface area contributed by atoms with Crippen molar-refractivity contribution in [2.45, 2.75) is 13.8 Å². The van der Waals surface area contributed by atoms with Gasteiger partial charge in [0.15, 0.2) is 0 Å². The zero-order valence-corrected chi connectivity index (χ0v) is 10.5. The van der Waals surface area contributed by atoms with Gasteiger partial charge in [0, 0.05) is 0 Å². The molecular weight excluding hydrogens is 238 g/mol. The standard InChI is InChI=1S/C9H16FO5P/c1-4-14-16(12,15-5-2)7-6-8(10)9(11)13-3/h6H,4-5,7H2,1-3H3/b8-6-. The molecule has 0 saturated heterocycles. The number of allylic oxidation sites excluding steroid dienone is 1. The number of halogens is 1. The Bertz CT molecular complexity index is 292. The molecule has 0 saturated carbocycles. The molecule has 0 aromatic carbocycles. The molecule has 0 aliphatic heterocycles. The predicted octanol–water partition coefficient (Wildman–Crippen LogP) is 2.28. The summed E-state index contributed by atoms with van der Waals surface area (Å²) in [7, 11) is -2.29. The van der Waals surface area contributed by atoms with E-state index in [9.17, 15) is 13.8 Å². The van der Waals surface area contributed by atoms with E-state index >= 15 is 0 Å². The Morgan fingerprint density at radius 3 is 2.19 bits per heavy atom. The van der Waals surface area contributed by atoms with Crippen molar-refractivity contribution in [1.82, 2.24) is 0 Å². The number of carbonyl (C=O) groups excluding carboxylic acids is 1. The molecule has 0 rings (SSSR count). The molecule has 0 spiro atoms. The predicted molar refractivity (Wildman–Crippen MR) is 56.9 cm³/mol. The van der Waals surface area contributed by atoms with Gasteiger partial charge in [-0.3, -0.25) is 4.57 Å². The molecular formula is C9H16FO5P. The van der Waals surface area contributed by atoms with Crippen LogP contribution in [0.4, 0.5) is 4.39 Å². The van der Waals surface area contributed by atoms with E-state index in [2.05, 4.69) is 4.74 Å². The molecule has 0 bridgehead atoms. The summed E-state index contributed by atoms with van der Waals surface area (Å²) in [6, 6.07) is 0. The number of methoxy groups -OCH3 is 1. The molecule has 0 atom stereocenters. The largest absolute Gasteiger partial charge is 0.464 e. The molecule has 0 aliphatic rings. The zero-order chi connectivity index (χ0) is 12.6. The van der Waals surface area contributed by atoms with Crippen LogP contribution in [0.2, 0.25) is 0 Å². The van der Waals surface area contributed by atoms with Crippen LogP contribution in [0.5, 0.6) is 0 Å². The average Bonchev–Trinajstić information content (AvgIpc) is 2.25. The van der Waals surface area contributed by atoms with E-state index in [1.807, 2.05) is 0 Å². The van der Waals surface area contributed by atoms with E-state index in [0.29, 0.717) is 0 Å². The lowest BCUT2D eigenvalue weighted by molar-refractivity contribution is -0.137. The molecule has 7 heteroatoms. The number of ether oxygens (including phenoxy) is 1. The monoisotopic (exact) mass is 254 g/mol. The van der Waals surface area contributed by atoms with Crippen molar-refractivity contribution < 1.29 is 27.5 Å². The molecule has 94 valence electrons. The van der Waals surface area contributed by atoms with Gasteiger partial charge in [-0.1, -0.05) is 0 Å². The van der Waals surface area contributed by atoms with Gasteiger partial charge < -0.3 is 13.8 Å². The van der Waals surface area contributed by atoms with Crippen LogP contribution in [-0.2, 0) is 23.1 Å². The van der Waals surface area contributed by atoms with Crippen LogP contribution in [0, 0.1) is 0 Å². The van der Waals surface area contributed by atoms with E-state index in [0.717, 1.165) is 13.2 Å². The smallest absolute Gasteiger partial charge is 0.366 e. The normalized spacial score (nSPS) is 12.6. The van der Waals surface area contributed by atoms with Gasteiger partial charge in [0.05, 0.1) is 26.5 Å². The van der Waals surface area contributed by atoms with Gasteiger partial charge in [-0.05, 0) is 19.9 Å². The SMILES string of the molecule is CCOP(=O)(C/C=C(\F)C(=O)OC)OCC. The van der Waals surface area contributed by atoms with Crippen molar-refractivity contribution in [3.8, 4) is 0 Å². The minimum absolute atomic E-state index is 0.185. The van der Waals surface area contributed by atoms with Crippen molar-refractivity contribution >= 4 is 13.6 Å². The summed E-state index contributed by atoms with van der Waals surface area (Å²) in [6.07, 6.45) is 0.549. The molecule has 16 heavy (non-hydrogen) atoms. The minimum atomic E-state index is -3.35. The Balaban J connectivity index is 4.53. The fourth-order valence-corrected chi connectivity index (χ4v) is 2.36. The molecule has 0 unspecified atom stereocenters. The molecule has 0 fully saturated rings. The van der Waals surface area contributed by atoms with Gasteiger partial charge in [0.1, 0.15) is 0 Å². The lowest BCUT2D eigenvalue weighted by Crippen LogP contribution is -2.03. The topological polar surface area (TPSA) is 61.8 Å². The Kier molecular flexibility index (Phi) is 7.21. The molecule has 0 amide bonds. The maximum Gasteiger partial charge on any atom is 0.366 e. The Morgan fingerprint density at radius 2 is 1.81 bits per heavy atom. The number of hydrogen-bond acceptors (Lipinski definition) is 5. The minimum Gasteiger partial charge on any atom is -0.464 e. The fraction of sp³-hybridized carbons (Fsp3) is 0.667. The highest BCUT2D eigenvalue weighted by molar-refractivity contribution is 7.54. The summed E-state index contributed by atoms with van der Waals surface area (Å²) in [5.41, 5.74) is 0. The number of carbonyl (C=O) groups is 1. The Labute approximate surface area is 94.1 Å². The van der Waals surface area contributed by atoms with Gasteiger partial charge in [0.25, 0.3) is 0 Å². The highest BCUT2D eigenvalue weighted by atomic mass is 31.2. The van der Waals surface area contributed by atoms with Crippen LogP contribution < -0.4 is 0 Å². The van der Waals surface area contributed by atoms with Gasteiger partial charge in [-0.15, -0.1) is 0 Å². The molecule has 0 aromatic rings. The summed E-state index contributed by atoms with van der Waals surface area (Å²) in [5.74, 6) is -2.22. The van der Waals surface area contributed by atoms with E-state index in [1.165, 1.54) is 0 Å². The molecule has 5 nitrogen and oxygen atoms in total. The first-order valence-corrected chi connectivity index (χ1v) is 6.54. The van der Waals surface area contributed by atoms with Gasteiger partial charge in [0.2, 0.25) is 5.83 Å². The second-order valence-corrected chi connectivity index (χ2v) is 4.78. The highest BCUT2D eigenvalue weighted by Gasteiger charge is 2.23. The maximum atomic E-state index is 13.0. The van der Waals surface area contributed by atoms with Gasteiger partial charge in [-0.25, -0.2) is 4.79 Å². The zero-order valence-electron chi connectivity index (χ0n) is 9.57. The number of esters is 1. The van der Waals surface area contributed by atoms with E-state index in [-0.39, 0.29) is 19.4 Å². The van der Waals surface area contributed by atoms with Crippen molar-refractivity contribution in [3.05, 3.63) is 11.9 Å². The van der Waals surface area contributed by atoms with Crippen molar-refractivity contribution in [2.75, 3.05) is 26.5 Å². The van der Waals surface area contributed by atoms with Crippen LogP contribution in [0.15, 0.2) is 11.9 Å². The first-order valence-electron chi connectivity index (χ1n) is 4.81. The van der Waals surface area contributed by atoms with E-state index in [1.54, 1.807) is 13.8 Å². The quantitative estimate of drug-likeness (QED) is 0.396.